The second-order valence-corrected chi connectivity index (χ2v) is 18.0. The second kappa shape index (κ2) is 17.9. The molecule has 2 fully saturated rings. The van der Waals surface area contributed by atoms with Gasteiger partial charge in [0.15, 0.2) is 5.78 Å². The molecule has 2 aliphatic heterocycles. The first-order valence-corrected chi connectivity index (χ1v) is 21.9. The summed E-state index contributed by atoms with van der Waals surface area (Å²) in [5.41, 5.74) is 6.53. The van der Waals surface area contributed by atoms with Crippen molar-refractivity contribution in [2.75, 3.05) is 26.5 Å². The Labute approximate surface area is 364 Å². The molecule has 4 N–H and O–H groups in total. The molecule has 13 nitrogen and oxygen atoms in total. The molecule has 0 bridgehead atoms. The minimum Gasteiger partial charge on any atom is -0.453 e. The first-order valence-electron chi connectivity index (χ1n) is 20.9. The summed E-state index contributed by atoms with van der Waals surface area (Å²) in [6.07, 6.45) is 4.64. The number of benzene rings is 4. The summed E-state index contributed by atoms with van der Waals surface area (Å²) in [5.74, 6) is 1.64. The zero-order chi connectivity index (χ0) is 43.5. The number of Topliss-reactive ketones (excluding diaryl/α,β-unsaturated/α-hetero) is 1. The van der Waals surface area contributed by atoms with Gasteiger partial charge in [0.1, 0.15) is 17.7 Å². The second-order valence-electron chi connectivity index (χ2n) is 16.4. The molecule has 0 aliphatic carbocycles. The molecule has 4 aromatic carbocycles. The lowest BCUT2D eigenvalue weighted by Gasteiger charge is -2.31. The molecule has 2 saturated heterocycles. The number of alkyl carbamates (subject to hydrolysis) is 2. The summed E-state index contributed by atoms with van der Waals surface area (Å²) < 4.78 is 9.08. The fourth-order valence-corrected chi connectivity index (χ4v) is 10.2. The third kappa shape index (κ3) is 8.43. The van der Waals surface area contributed by atoms with Crippen LogP contribution in [0.1, 0.15) is 69.3 Å². The number of methoxy groups -OCH3 is 2. The van der Waals surface area contributed by atoms with Gasteiger partial charge in [-0.15, -0.1) is 11.8 Å². The van der Waals surface area contributed by atoms with Crippen molar-refractivity contribution in [3.05, 3.63) is 121 Å². The number of hydrogen-bond acceptors (Lipinski definition) is 9. The van der Waals surface area contributed by atoms with E-state index >= 15 is 0 Å². The average Bonchev–Trinajstić information content (AvgIpc) is 4.14. The van der Waals surface area contributed by atoms with Crippen LogP contribution in [0.25, 0.3) is 44.4 Å². The van der Waals surface area contributed by atoms with Crippen LogP contribution < -0.4 is 10.6 Å². The first kappa shape index (κ1) is 42.3. The Morgan fingerprint density at radius 3 is 2.11 bits per heavy atom. The van der Waals surface area contributed by atoms with E-state index < -0.39 is 29.0 Å². The molecule has 0 saturated carbocycles. The molecule has 320 valence electrons. The van der Waals surface area contributed by atoms with Gasteiger partial charge in [0.25, 0.3) is 5.91 Å². The highest BCUT2D eigenvalue weighted by molar-refractivity contribution is 8.00. The highest BCUT2D eigenvalue weighted by Crippen LogP contribution is 2.50. The summed E-state index contributed by atoms with van der Waals surface area (Å²) in [5, 5.41) is 7.65. The topological polar surface area (TPSA) is 171 Å². The Hall–Kier alpha value is -6.41. The average molecular weight is 854 g/mol. The number of likely N-dealkylation sites (tertiary alicyclic amines) is 1. The van der Waals surface area contributed by atoms with Crippen molar-refractivity contribution in [1.29, 1.82) is 0 Å². The van der Waals surface area contributed by atoms with E-state index in [1.54, 1.807) is 16.7 Å². The van der Waals surface area contributed by atoms with Crippen LogP contribution in [0.5, 0.6) is 0 Å². The van der Waals surface area contributed by atoms with Crippen LogP contribution in [0.2, 0.25) is 0 Å². The monoisotopic (exact) mass is 853 g/mol. The summed E-state index contributed by atoms with van der Waals surface area (Å²) in [6, 6.07) is 28.5. The van der Waals surface area contributed by atoms with E-state index in [1.807, 2.05) is 56.6 Å². The Kier molecular flexibility index (Phi) is 12.2. The predicted octanol–water partition coefficient (Wildman–Crippen LogP) is 8.97. The normalized spacial score (nSPS) is 19.6. The highest BCUT2D eigenvalue weighted by atomic mass is 32.2. The lowest BCUT2D eigenvalue weighted by molar-refractivity contribution is -0.134. The van der Waals surface area contributed by atoms with Crippen LogP contribution in [0.15, 0.2) is 103 Å². The van der Waals surface area contributed by atoms with Gasteiger partial charge in [-0.3, -0.25) is 9.59 Å². The molecular weight excluding hydrogens is 803 g/mol. The van der Waals surface area contributed by atoms with Crippen LogP contribution in [-0.2, 0) is 23.8 Å². The minimum atomic E-state index is -0.882. The smallest absolute Gasteiger partial charge is 0.407 e. The molecule has 14 heteroatoms. The molecule has 0 spiro atoms. The quantitative estimate of drug-likeness (QED) is 0.0938. The number of H-pyrrole nitrogens is 2. The Morgan fingerprint density at radius 1 is 0.774 bits per heavy atom. The van der Waals surface area contributed by atoms with Crippen LogP contribution in [0, 0.1) is 11.8 Å². The number of carbonyl (C=O) groups is 4. The Morgan fingerprint density at radius 2 is 1.40 bits per heavy atom. The molecule has 8 rings (SSSR count). The van der Waals surface area contributed by atoms with Crippen molar-refractivity contribution in [2.24, 2.45) is 11.8 Å². The molecular formula is C48H51N7O6S. The van der Waals surface area contributed by atoms with Crippen molar-refractivity contribution >= 4 is 46.4 Å². The lowest BCUT2D eigenvalue weighted by atomic mass is 9.81. The SMILES string of the molecule is COC(=O)NC(C(=O)C1CCSC1(C)c1ncc(-c2ccc(-c3ccc4cc(-c5cnc([C@@H]6CCCN6C(=O)[C@H](NC(=O)OC)c6ccccc6)[nH]5)ccc4c3)cc2)[nH]1)C(C)C. The summed E-state index contributed by atoms with van der Waals surface area (Å²) >= 11 is 1.72. The Bertz CT molecular complexity index is 2590. The maximum absolute atomic E-state index is 14.0. The fourth-order valence-electron chi connectivity index (χ4n) is 8.78. The zero-order valence-corrected chi connectivity index (χ0v) is 36.3. The van der Waals surface area contributed by atoms with Gasteiger partial charge in [-0.1, -0.05) is 92.7 Å². The van der Waals surface area contributed by atoms with Gasteiger partial charge in [-0.25, -0.2) is 19.6 Å². The third-order valence-electron chi connectivity index (χ3n) is 12.2. The van der Waals surface area contributed by atoms with Crippen molar-refractivity contribution in [1.82, 2.24) is 35.5 Å². The van der Waals surface area contributed by atoms with Crippen LogP contribution >= 0.6 is 11.8 Å². The molecule has 2 aromatic heterocycles. The molecule has 3 amide bonds. The van der Waals surface area contributed by atoms with Crippen LogP contribution in [-0.4, -0.2) is 81.3 Å². The van der Waals surface area contributed by atoms with Gasteiger partial charge in [0, 0.05) is 18.0 Å². The maximum atomic E-state index is 14.0. The van der Waals surface area contributed by atoms with E-state index in [2.05, 4.69) is 88.2 Å². The number of imidazole rings is 2. The first-order chi connectivity index (χ1) is 30.0. The van der Waals surface area contributed by atoms with E-state index in [0.717, 1.165) is 68.8 Å². The van der Waals surface area contributed by atoms with Gasteiger partial charge in [-0.2, -0.15) is 0 Å². The number of carbonyl (C=O) groups excluding carboxylic acids is 4. The van der Waals surface area contributed by atoms with E-state index in [9.17, 15) is 19.2 Å². The minimum absolute atomic E-state index is 0.00562. The van der Waals surface area contributed by atoms with Crippen molar-refractivity contribution < 1.29 is 28.7 Å². The molecule has 3 unspecified atom stereocenters. The standard InChI is InChI=1S/C48H51N7O6S/c1-28(2)40(53-46(58)60-4)42(56)36-21-23-62-48(36,3)45-50-27-37(52-45)30-15-13-29(14-16-30)32-17-18-34-25-35(20-19-33(34)24-32)38-26-49-43(51-38)39-12-9-22-55(39)44(57)41(54-47(59)61-5)31-10-7-6-8-11-31/h6-8,10-11,13-20,24-28,36,39-41H,9,12,21-23H2,1-5H3,(H,49,51)(H,50,52)(H,53,58)(H,54,59)/t36?,39-,40?,41+,48?/m0/s1. The van der Waals surface area contributed by atoms with Crippen molar-refractivity contribution in [3.8, 4) is 33.6 Å². The number of fused-ring (bicyclic) bond motifs is 1. The van der Waals surface area contributed by atoms with E-state index in [1.165, 1.54) is 14.2 Å². The van der Waals surface area contributed by atoms with Gasteiger partial charge < -0.3 is 35.0 Å². The number of thioether (sulfide) groups is 1. The van der Waals surface area contributed by atoms with Crippen molar-refractivity contribution in [3.63, 3.8) is 0 Å². The number of nitrogens with zero attached hydrogens (tertiary/aromatic N) is 3. The number of ketones is 1. The van der Waals surface area contributed by atoms with E-state index in [4.69, 9.17) is 19.4 Å². The largest absolute Gasteiger partial charge is 0.453 e. The van der Waals surface area contributed by atoms with Gasteiger partial charge in [0.2, 0.25) is 0 Å². The third-order valence-corrected chi connectivity index (χ3v) is 13.8. The molecule has 4 heterocycles. The van der Waals surface area contributed by atoms with Crippen molar-refractivity contribution in [2.45, 2.75) is 62.9 Å². The molecule has 5 atom stereocenters. The summed E-state index contributed by atoms with van der Waals surface area (Å²) in [7, 11) is 2.59. The number of amides is 3. The van der Waals surface area contributed by atoms with Gasteiger partial charge in [0.05, 0.1) is 54.8 Å². The zero-order valence-electron chi connectivity index (χ0n) is 35.4. The molecule has 62 heavy (non-hydrogen) atoms. The molecule has 0 radical (unpaired) electrons. The van der Waals surface area contributed by atoms with E-state index in [0.29, 0.717) is 24.4 Å². The number of aromatic amines is 2. The highest BCUT2D eigenvalue weighted by Gasteiger charge is 2.49. The van der Waals surface area contributed by atoms with Gasteiger partial charge in [-0.05, 0) is 83.0 Å². The number of ether oxygens (including phenoxy) is 2. The molecule has 2 aliphatic rings. The maximum Gasteiger partial charge on any atom is 0.407 e. The Balaban J connectivity index is 0.954. The van der Waals surface area contributed by atoms with Crippen LogP contribution in [0.3, 0.4) is 0 Å². The predicted molar refractivity (Wildman–Crippen MR) is 240 cm³/mol. The summed E-state index contributed by atoms with van der Waals surface area (Å²) in [4.78, 5) is 70.4. The van der Waals surface area contributed by atoms with Crippen LogP contribution in [0.4, 0.5) is 9.59 Å². The number of nitrogens with one attached hydrogen (secondary N) is 4. The van der Waals surface area contributed by atoms with E-state index in [-0.39, 0.29) is 29.6 Å². The fraction of sp³-hybridized carbons (Fsp3) is 0.333. The number of hydrogen-bond donors (Lipinski definition) is 4. The number of rotatable bonds is 12. The summed E-state index contributed by atoms with van der Waals surface area (Å²) in [6.45, 7) is 6.47. The molecule has 6 aromatic rings. The number of aromatic nitrogens is 4. The van der Waals surface area contributed by atoms with Gasteiger partial charge >= 0.3 is 12.2 Å². The lowest BCUT2D eigenvalue weighted by Crippen LogP contribution is -2.49.